The van der Waals surface area contributed by atoms with Gasteiger partial charge in [-0.1, -0.05) is 6.92 Å². The molecule has 0 aliphatic carbocycles. The molecule has 9 heteroatoms. The van der Waals surface area contributed by atoms with E-state index >= 15 is 0 Å². The van der Waals surface area contributed by atoms with Gasteiger partial charge in [0.2, 0.25) is 5.91 Å². The van der Waals surface area contributed by atoms with Crippen LogP contribution in [0.15, 0.2) is 28.9 Å². The number of thiocarbonyl (C=S) groups is 1. The van der Waals surface area contributed by atoms with Crippen molar-refractivity contribution in [1.82, 2.24) is 10.2 Å². The van der Waals surface area contributed by atoms with Crippen LogP contribution in [0.2, 0.25) is 0 Å². The second kappa shape index (κ2) is 8.47. The van der Waals surface area contributed by atoms with Gasteiger partial charge in [-0.05, 0) is 49.0 Å². The number of nitrogens with one attached hydrogen (secondary N) is 2. The molecular formula is C18H20N4O3S2. The van der Waals surface area contributed by atoms with Gasteiger partial charge < -0.3 is 15.5 Å². The second-order valence-electron chi connectivity index (χ2n) is 5.98. The zero-order valence-electron chi connectivity index (χ0n) is 14.8. The summed E-state index contributed by atoms with van der Waals surface area (Å²) in [6.45, 7) is 4.72. The first kappa shape index (κ1) is 19.3. The maximum atomic E-state index is 12.0. The Labute approximate surface area is 166 Å². The fourth-order valence-electron chi connectivity index (χ4n) is 2.91. The van der Waals surface area contributed by atoms with Crippen molar-refractivity contribution in [3.8, 4) is 0 Å². The summed E-state index contributed by atoms with van der Waals surface area (Å²) in [5.74, 6) is -0.332. The van der Waals surface area contributed by atoms with E-state index in [2.05, 4.69) is 22.5 Å². The molecule has 0 radical (unpaired) electrons. The molecule has 3 heterocycles. The molecule has 3 rings (SSSR count). The highest BCUT2D eigenvalue weighted by molar-refractivity contribution is 7.80. The highest BCUT2D eigenvalue weighted by Gasteiger charge is 2.26. The molecule has 0 spiro atoms. The summed E-state index contributed by atoms with van der Waals surface area (Å²) in [7, 11) is 0. The van der Waals surface area contributed by atoms with Gasteiger partial charge in [0.1, 0.15) is 10.8 Å². The van der Waals surface area contributed by atoms with Gasteiger partial charge in [-0.15, -0.1) is 11.3 Å². The Balaban J connectivity index is 1.69. The molecular weight excluding hydrogens is 384 g/mol. The van der Waals surface area contributed by atoms with Crippen LogP contribution in [0.3, 0.4) is 0 Å². The predicted octanol–water partition coefficient (Wildman–Crippen LogP) is 2.34. The van der Waals surface area contributed by atoms with Crippen LogP contribution in [0.25, 0.3) is 6.08 Å². The first-order valence-corrected chi connectivity index (χ1v) is 9.70. The number of hydrogen-bond donors (Lipinski definition) is 3. The third-order valence-corrected chi connectivity index (χ3v) is 5.57. The van der Waals surface area contributed by atoms with Gasteiger partial charge in [-0.3, -0.25) is 19.8 Å². The molecule has 4 N–H and O–H groups in total. The highest BCUT2D eigenvalue weighted by Crippen LogP contribution is 2.36. The zero-order valence-corrected chi connectivity index (χ0v) is 16.4. The predicted molar refractivity (Wildman–Crippen MR) is 110 cm³/mol. The molecule has 0 saturated carbocycles. The number of carbonyl (C=O) groups is 2. The number of fused-ring (bicyclic) bond motifs is 1. The van der Waals surface area contributed by atoms with Crippen LogP contribution in [-0.2, 0) is 17.8 Å². The number of furan rings is 1. The van der Waals surface area contributed by atoms with Crippen LogP contribution in [0.5, 0.6) is 0 Å². The van der Waals surface area contributed by atoms with E-state index in [1.54, 1.807) is 12.1 Å². The van der Waals surface area contributed by atoms with E-state index in [0.717, 1.165) is 36.5 Å². The fraction of sp³-hybridized carbons (Fsp3) is 0.278. The standard InChI is InChI=1S/C18H20N4O3S2/c1-2-22-8-7-12-13(10-22)27-17(15(12)16(19)24)21-18(26)20-14(23)6-5-11-4-3-9-25-11/h3-6,9H,2,7-8,10H2,1H3,(H2,19,24)(H2,20,21,23,26). The number of hydrogen-bond acceptors (Lipinski definition) is 6. The van der Waals surface area contributed by atoms with Crippen LogP contribution in [0.1, 0.15) is 33.5 Å². The monoisotopic (exact) mass is 404 g/mol. The summed E-state index contributed by atoms with van der Waals surface area (Å²) in [6.07, 6.45) is 5.15. The van der Waals surface area contributed by atoms with E-state index in [-0.39, 0.29) is 5.11 Å². The minimum atomic E-state index is -0.494. The minimum Gasteiger partial charge on any atom is -0.465 e. The Bertz CT molecular complexity index is 887. The SMILES string of the molecule is CCN1CCc2c(sc(NC(=S)NC(=O)C=Cc3ccco3)c2C(N)=O)C1. The summed E-state index contributed by atoms with van der Waals surface area (Å²) in [4.78, 5) is 27.3. The van der Waals surface area contributed by atoms with E-state index in [9.17, 15) is 9.59 Å². The third-order valence-electron chi connectivity index (χ3n) is 4.24. The van der Waals surface area contributed by atoms with Crippen LogP contribution in [0, 0.1) is 0 Å². The number of amides is 2. The molecule has 142 valence electrons. The molecule has 0 unspecified atom stereocenters. The number of nitrogens with two attached hydrogens (primary N) is 1. The van der Waals surface area contributed by atoms with E-state index in [0.29, 0.717) is 16.3 Å². The Morgan fingerprint density at radius 3 is 2.96 bits per heavy atom. The molecule has 2 amide bonds. The molecule has 2 aromatic heterocycles. The number of rotatable bonds is 5. The summed E-state index contributed by atoms with van der Waals surface area (Å²) in [5, 5.41) is 6.19. The number of carbonyl (C=O) groups excluding carboxylic acids is 2. The molecule has 0 fully saturated rings. The first-order valence-electron chi connectivity index (χ1n) is 8.48. The van der Waals surface area contributed by atoms with Gasteiger partial charge >= 0.3 is 0 Å². The molecule has 1 aliphatic heterocycles. The van der Waals surface area contributed by atoms with Gasteiger partial charge in [0, 0.05) is 24.0 Å². The van der Waals surface area contributed by atoms with Gasteiger partial charge in [-0.2, -0.15) is 0 Å². The van der Waals surface area contributed by atoms with Crippen molar-refractivity contribution in [3.05, 3.63) is 46.2 Å². The van der Waals surface area contributed by atoms with Crippen LogP contribution in [-0.4, -0.2) is 34.9 Å². The highest BCUT2D eigenvalue weighted by atomic mass is 32.1. The van der Waals surface area contributed by atoms with E-state index < -0.39 is 11.8 Å². The van der Waals surface area contributed by atoms with Gasteiger partial charge in [-0.25, -0.2) is 0 Å². The largest absolute Gasteiger partial charge is 0.465 e. The Morgan fingerprint density at radius 1 is 1.48 bits per heavy atom. The molecule has 27 heavy (non-hydrogen) atoms. The second-order valence-corrected chi connectivity index (χ2v) is 7.50. The number of anilines is 1. The smallest absolute Gasteiger partial charge is 0.251 e. The van der Waals surface area contributed by atoms with E-state index in [1.165, 1.54) is 29.8 Å². The van der Waals surface area contributed by atoms with Crippen LogP contribution in [0.4, 0.5) is 5.00 Å². The topological polar surface area (TPSA) is 101 Å². The molecule has 1 aliphatic rings. The summed E-state index contributed by atoms with van der Waals surface area (Å²) < 4.78 is 5.12. The van der Waals surface area contributed by atoms with Crippen LogP contribution < -0.4 is 16.4 Å². The average molecular weight is 405 g/mol. The third kappa shape index (κ3) is 4.62. The summed E-state index contributed by atoms with van der Waals surface area (Å²) in [6, 6.07) is 3.46. The number of nitrogens with zero attached hydrogens (tertiary/aromatic N) is 1. The lowest BCUT2D eigenvalue weighted by atomic mass is 10.0. The molecule has 7 nitrogen and oxygen atoms in total. The normalized spacial score (nSPS) is 14.1. The molecule has 0 bridgehead atoms. The number of thiophene rings is 1. The van der Waals surface area contributed by atoms with Crippen molar-refractivity contribution >= 4 is 51.6 Å². The fourth-order valence-corrected chi connectivity index (χ4v) is 4.47. The lowest BCUT2D eigenvalue weighted by molar-refractivity contribution is -0.115. The van der Waals surface area contributed by atoms with Crippen molar-refractivity contribution in [2.24, 2.45) is 5.73 Å². The Hall–Kier alpha value is -2.49. The van der Waals surface area contributed by atoms with Gasteiger partial charge in [0.25, 0.3) is 5.91 Å². The van der Waals surface area contributed by atoms with Gasteiger partial charge in [0.15, 0.2) is 5.11 Å². The number of likely N-dealkylation sites (N-methyl/N-ethyl adjacent to an activating group) is 1. The maximum absolute atomic E-state index is 12.0. The molecule has 0 atom stereocenters. The maximum Gasteiger partial charge on any atom is 0.251 e. The first-order chi connectivity index (χ1) is 13.0. The number of primary amides is 1. The van der Waals surface area contributed by atoms with Crippen molar-refractivity contribution in [3.63, 3.8) is 0 Å². The van der Waals surface area contributed by atoms with Crippen molar-refractivity contribution in [1.29, 1.82) is 0 Å². The quantitative estimate of drug-likeness (QED) is 0.522. The van der Waals surface area contributed by atoms with E-state index in [1.807, 2.05) is 0 Å². The molecule has 0 saturated heterocycles. The lowest BCUT2D eigenvalue weighted by Crippen LogP contribution is -2.33. The average Bonchev–Trinajstić information content (AvgIpc) is 3.26. The zero-order chi connectivity index (χ0) is 19.4. The van der Waals surface area contributed by atoms with Crippen molar-refractivity contribution < 1.29 is 14.0 Å². The van der Waals surface area contributed by atoms with Gasteiger partial charge in [0.05, 0.1) is 11.8 Å². The molecule has 0 aromatic carbocycles. The van der Waals surface area contributed by atoms with Crippen molar-refractivity contribution in [2.75, 3.05) is 18.4 Å². The summed E-state index contributed by atoms with van der Waals surface area (Å²) in [5.41, 5.74) is 7.04. The van der Waals surface area contributed by atoms with Crippen LogP contribution >= 0.6 is 23.6 Å². The summed E-state index contributed by atoms with van der Waals surface area (Å²) >= 11 is 6.65. The van der Waals surface area contributed by atoms with Crippen molar-refractivity contribution in [2.45, 2.75) is 19.9 Å². The Morgan fingerprint density at radius 2 is 2.30 bits per heavy atom. The minimum absolute atomic E-state index is 0.109. The lowest BCUT2D eigenvalue weighted by Gasteiger charge is -2.25. The van der Waals surface area contributed by atoms with E-state index in [4.69, 9.17) is 22.4 Å². The molecule has 2 aromatic rings. The Kier molecular flexibility index (Phi) is 6.04.